The van der Waals surface area contributed by atoms with E-state index < -0.39 is 5.97 Å². The Labute approximate surface area is 170 Å². The summed E-state index contributed by atoms with van der Waals surface area (Å²) in [4.78, 5) is 32.2. The fourth-order valence-electron chi connectivity index (χ4n) is 1.04. The lowest BCUT2D eigenvalue weighted by atomic mass is 10.1. The predicted molar refractivity (Wildman–Crippen MR) is 110 cm³/mol. The van der Waals surface area contributed by atoms with Gasteiger partial charge in [-0.1, -0.05) is 41.2 Å². The van der Waals surface area contributed by atoms with Crippen molar-refractivity contribution >= 4 is 17.8 Å². The van der Waals surface area contributed by atoms with Crippen LogP contribution >= 0.6 is 0 Å². The lowest BCUT2D eigenvalue weighted by Crippen LogP contribution is -2.29. The van der Waals surface area contributed by atoms with Crippen molar-refractivity contribution in [3.05, 3.63) is 12.2 Å². The van der Waals surface area contributed by atoms with Gasteiger partial charge in [-0.2, -0.15) is 5.26 Å². The minimum Gasteiger partial charge on any atom is -0.481 e. The van der Waals surface area contributed by atoms with Gasteiger partial charge in [0, 0.05) is 11.5 Å². The summed E-state index contributed by atoms with van der Waals surface area (Å²) in [5.74, 6) is -1.16. The normalized spacial score (nSPS) is 12.4. The van der Waals surface area contributed by atoms with E-state index in [1.54, 1.807) is 13.8 Å². The third-order valence-electron chi connectivity index (χ3n) is 3.90. The molecule has 0 radical (unpaired) electrons. The van der Waals surface area contributed by atoms with Gasteiger partial charge in [0.1, 0.15) is 6.61 Å². The van der Waals surface area contributed by atoms with Gasteiger partial charge < -0.3 is 15.2 Å². The van der Waals surface area contributed by atoms with E-state index in [1.165, 1.54) is 0 Å². The van der Waals surface area contributed by atoms with Crippen LogP contribution in [0.1, 0.15) is 67.7 Å². The number of hydrogen-bond donors (Lipinski definition) is 2. The molecule has 0 heterocycles. The maximum atomic E-state index is 11.2. The summed E-state index contributed by atoms with van der Waals surface area (Å²) in [5.41, 5.74) is 0.447. The molecule has 2 N–H and O–H groups in total. The Bertz CT molecular complexity index is 511. The van der Waals surface area contributed by atoms with E-state index in [0.29, 0.717) is 12.1 Å². The summed E-state index contributed by atoms with van der Waals surface area (Å²) in [6, 6.07) is 2.11. The van der Waals surface area contributed by atoms with Gasteiger partial charge in [0.25, 0.3) is 0 Å². The molecular formula is C21H38N2O5. The number of nitriles is 1. The third-order valence-corrected chi connectivity index (χ3v) is 3.90. The number of rotatable bonds is 9. The van der Waals surface area contributed by atoms with E-state index in [2.05, 4.69) is 18.0 Å². The van der Waals surface area contributed by atoms with Crippen LogP contribution in [0, 0.1) is 29.1 Å². The van der Waals surface area contributed by atoms with Crippen molar-refractivity contribution in [2.24, 2.45) is 17.8 Å². The number of hydrogen-bond acceptors (Lipinski definition) is 5. The highest BCUT2D eigenvalue weighted by atomic mass is 16.5. The van der Waals surface area contributed by atoms with Crippen LogP contribution in [0.4, 0.5) is 0 Å². The van der Waals surface area contributed by atoms with Gasteiger partial charge in [-0.3, -0.25) is 14.4 Å². The number of esters is 1. The fourth-order valence-corrected chi connectivity index (χ4v) is 1.04. The van der Waals surface area contributed by atoms with Gasteiger partial charge >= 0.3 is 11.9 Å². The third kappa shape index (κ3) is 20.0. The quantitative estimate of drug-likeness (QED) is 0.345. The minimum atomic E-state index is -0.706. The largest absolute Gasteiger partial charge is 0.481 e. The van der Waals surface area contributed by atoms with Gasteiger partial charge in [0.05, 0.1) is 24.4 Å². The molecule has 3 atom stereocenters. The Morgan fingerprint density at radius 2 is 1.57 bits per heavy atom. The highest BCUT2D eigenvalue weighted by molar-refractivity contribution is 5.92. The molecule has 0 bridgehead atoms. The smallest absolute Gasteiger partial charge is 0.308 e. The highest BCUT2D eigenvalue weighted by Gasteiger charge is 2.11. The van der Waals surface area contributed by atoms with Crippen molar-refractivity contribution in [2.75, 3.05) is 13.2 Å². The average Bonchev–Trinajstić information content (AvgIpc) is 2.69. The highest BCUT2D eigenvalue weighted by Crippen LogP contribution is 2.02. The summed E-state index contributed by atoms with van der Waals surface area (Å²) < 4.78 is 4.94. The van der Waals surface area contributed by atoms with Crippen molar-refractivity contribution in [3.8, 4) is 6.07 Å². The van der Waals surface area contributed by atoms with Gasteiger partial charge in [0.15, 0.2) is 0 Å². The van der Waals surface area contributed by atoms with Crippen molar-refractivity contribution in [1.82, 2.24) is 5.32 Å². The number of nitrogens with one attached hydrogen (secondary N) is 1. The number of nitrogens with zero attached hydrogens (tertiary/aromatic N) is 1. The molecular weight excluding hydrogens is 360 g/mol. The molecule has 0 saturated carbocycles. The van der Waals surface area contributed by atoms with Crippen molar-refractivity contribution in [3.63, 3.8) is 0 Å². The SMILES string of the molecule is C=C(C)C(=O)NCCOC(=O)C(C)CC.CCC(C)C#N.CCC(C)C(=O)O. The Hall–Kier alpha value is -2.36. The first-order valence-corrected chi connectivity index (χ1v) is 9.70. The molecule has 0 aliphatic heterocycles. The molecule has 0 rings (SSSR count). The number of carbonyl (C=O) groups excluding carboxylic acids is 2. The topological polar surface area (TPSA) is 116 Å². The second kappa shape index (κ2) is 19.4. The summed E-state index contributed by atoms with van der Waals surface area (Å²) >= 11 is 0. The second-order valence-electron chi connectivity index (χ2n) is 6.60. The van der Waals surface area contributed by atoms with E-state index in [0.717, 1.165) is 19.3 Å². The van der Waals surface area contributed by atoms with E-state index in [1.807, 2.05) is 34.6 Å². The lowest BCUT2D eigenvalue weighted by Gasteiger charge is -2.09. The maximum absolute atomic E-state index is 11.2. The molecule has 3 unspecified atom stereocenters. The van der Waals surface area contributed by atoms with Crippen molar-refractivity contribution in [2.45, 2.75) is 67.7 Å². The Kier molecular flexibility index (Phi) is 21.0. The molecule has 0 fully saturated rings. The van der Waals surface area contributed by atoms with Crippen LogP contribution in [0.25, 0.3) is 0 Å². The molecule has 7 nitrogen and oxygen atoms in total. The lowest BCUT2D eigenvalue weighted by molar-refractivity contribution is -0.148. The van der Waals surface area contributed by atoms with E-state index in [-0.39, 0.29) is 36.2 Å². The number of amides is 1. The second-order valence-corrected chi connectivity index (χ2v) is 6.60. The zero-order valence-corrected chi connectivity index (χ0v) is 18.5. The molecule has 1 amide bonds. The Balaban J connectivity index is -0.000000397. The van der Waals surface area contributed by atoms with Crippen molar-refractivity contribution in [1.29, 1.82) is 5.26 Å². The molecule has 162 valence electrons. The van der Waals surface area contributed by atoms with Crippen LogP contribution in [0.15, 0.2) is 12.2 Å². The van der Waals surface area contributed by atoms with E-state index in [9.17, 15) is 14.4 Å². The first-order chi connectivity index (χ1) is 13.0. The molecule has 0 aromatic heterocycles. The van der Waals surface area contributed by atoms with Crippen LogP contribution in [-0.4, -0.2) is 36.1 Å². The van der Waals surface area contributed by atoms with Crippen LogP contribution in [-0.2, 0) is 19.1 Å². The van der Waals surface area contributed by atoms with Gasteiger partial charge in [0.2, 0.25) is 5.91 Å². The van der Waals surface area contributed by atoms with Crippen LogP contribution in [0.2, 0.25) is 0 Å². The zero-order chi connectivity index (χ0) is 22.7. The van der Waals surface area contributed by atoms with Crippen LogP contribution < -0.4 is 5.32 Å². The van der Waals surface area contributed by atoms with Crippen LogP contribution in [0.5, 0.6) is 0 Å². The monoisotopic (exact) mass is 398 g/mol. The Morgan fingerprint density at radius 3 is 1.82 bits per heavy atom. The average molecular weight is 399 g/mol. The van der Waals surface area contributed by atoms with Gasteiger partial charge in [-0.05, 0) is 33.1 Å². The van der Waals surface area contributed by atoms with Gasteiger partial charge in [-0.25, -0.2) is 0 Å². The number of carboxylic acids is 1. The molecule has 0 spiro atoms. The zero-order valence-electron chi connectivity index (χ0n) is 18.5. The molecule has 0 aromatic carbocycles. The number of carboxylic acid groups (broad SMARTS) is 1. The molecule has 28 heavy (non-hydrogen) atoms. The molecule has 7 heteroatoms. The number of ether oxygens (including phenoxy) is 1. The molecule has 0 aliphatic rings. The number of aliphatic carboxylic acids is 1. The fraction of sp³-hybridized carbons (Fsp3) is 0.714. The Morgan fingerprint density at radius 1 is 1.07 bits per heavy atom. The number of carbonyl (C=O) groups is 3. The van der Waals surface area contributed by atoms with Crippen LogP contribution in [0.3, 0.4) is 0 Å². The van der Waals surface area contributed by atoms with Gasteiger partial charge in [-0.15, -0.1) is 0 Å². The van der Waals surface area contributed by atoms with E-state index >= 15 is 0 Å². The standard InChI is InChI=1S/C11H19NO3.C5H9N.C5H10O2/c1-5-9(4)11(14)15-7-6-12-10(13)8(2)3;1-3-5(2)4-6;1-3-4(2)5(6)7/h9H,2,5-7H2,1,3-4H3,(H,12,13);5H,3H2,1-2H3;4H,3H2,1-2H3,(H,6,7). The molecule has 0 aromatic rings. The first-order valence-electron chi connectivity index (χ1n) is 9.70. The van der Waals surface area contributed by atoms with E-state index in [4.69, 9.17) is 15.1 Å². The summed E-state index contributed by atoms with van der Waals surface area (Å²) in [5, 5.41) is 18.8. The predicted octanol–water partition coefficient (Wildman–Crippen LogP) is 3.94. The molecule has 0 aliphatic carbocycles. The summed E-state index contributed by atoms with van der Waals surface area (Å²) in [7, 11) is 0. The summed E-state index contributed by atoms with van der Waals surface area (Å²) in [6.07, 6.45) is 2.45. The molecule has 0 saturated heterocycles. The summed E-state index contributed by atoms with van der Waals surface area (Å²) in [6.45, 7) is 16.9. The minimum absolute atomic E-state index is 0.0816. The first kappa shape index (κ1) is 30.4. The van der Waals surface area contributed by atoms with Crippen molar-refractivity contribution < 1.29 is 24.2 Å². The maximum Gasteiger partial charge on any atom is 0.308 e.